The number of carbonyl (C=O) groups is 3. The van der Waals surface area contributed by atoms with E-state index in [0.717, 1.165) is 0 Å². The van der Waals surface area contributed by atoms with Crippen LogP contribution < -0.4 is 10.1 Å². The third-order valence-electron chi connectivity index (χ3n) is 4.73. The molecule has 1 aromatic rings. The van der Waals surface area contributed by atoms with E-state index in [4.69, 9.17) is 21.1 Å². The zero-order chi connectivity index (χ0) is 20.8. The molecule has 0 aromatic heterocycles. The number of benzene rings is 1. The molecule has 0 heterocycles. The number of hydrogen-bond acceptors (Lipinski definition) is 7. The van der Waals surface area contributed by atoms with Crippen LogP contribution in [-0.2, 0) is 19.1 Å². The van der Waals surface area contributed by atoms with Crippen molar-refractivity contribution >= 4 is 34.9 Å². The van der Waals surface area contributed by atoms with Crippen molar-refractivity contribution in [3.8, 4) is 5.75 Å². The number of nitro groups is 1. The zero-order valence-corrected chi connectivity index (χ0v) is 16.2. The Hall–Kier alpha value is -2.68. The van der Waals surface area contributed by atoms with Crippen molar-refractivity contribution in [1.29, 1.82) is 0 Å². The topological polar surface area (TPSA) is 125 Å². The van der Waals surface area contributed by atoms with Gasteiger partial charge < -0.3 is 14.8 Å². The highest BCUT2D eigenvalue weighted by Crippen LogP contribution is 2.36. The van der Waals surface area contributed by atoms with Crippen molar-refractivity contribution in [3.63, 3.8) is 0 Å². The van der Waals surface area contributed by atoms with E-state index in [1.165, 1.54) is 13.2 Å². The molecule has 0 aliphatic heterocycles. The number of esters is 1. The number of ether oxygens (including phenoxy) is 2. The first-order chi connectivity index (χ1) is 13.2. The molecule has 9 nitrogen and oxygen atoms in total. The van der Waals surface area contributed by atoms with Gasteiger partial charge in [0.1, 0.15) is 11.5 Å². The Morgan fingerprint density at radius 2 is 2.11 bits per heavy atom. The van der Waals surface area contributed by atoms with E-state index in [2.05, 4.69) is 5.32 Å². The standard InChI is InChI=1S/C18H21ClN2O7/c1-10-5-15(22)12(13(10)8-21(25)26)7-18(24)28-9-17(23)20-11-3-4-16(27-2)14(19)6-11/h3-4,6,10,12-13H,5,7-9H2,1-2H3,(H,20,23)/t10-,12+,13+/m0/s1. The number of anilines is 1. The largest absolute Gasteiger partial charge is 0.495 e. The molecule has 1 saturated carbocycles. The van der Waals surface area contributed by atoms with Crippen LogP contribution in [0.5, 0.6) is 5.75 Å². The van der Waals surface area contributed by atoms with E-state index < -0.39 is 35.2 Å². The van der Waals surface area contributed by atoms with Gasteiger partial charge in [0, 0.05) is 28.9 Å². The molecule has 28 heavy (non-hydrogen) atoms. The van der Waals surface area contributed by atoms with E-state index >= 15 is 0 Å². The van der Waals surface area contributed by atoms with Gasteiger partial charge in [-0.2, -0.15) is 0 Å². The Bertz CT molecular complexity index is 783. The number of nitrogens with one attached hydrogen (secondary N) is 1. The highest BCUT2D eigenvalue weighted by Gasteiger charge is 2.44. The van der Waals surface area contributed by atoms with E-state index in [0.29, 0.717) is 16.5 Å². The van der Waals surface area contributed by atoms with Crippen LogP contribution >= 0.6 is 11.6 Å². The second kappa shape index (κ2) is 9.50. The van der Waals surface area contributed by atoms with Gasteiger partial charge in [0.05, 0.1) is 18.6 Å². The number of carbonyl (C=O) groups excluding carboxylic acids is 3. The first kappa shape index (κ1) is 21.6. The van der Waals surface area contributed by atoms with Crippen LogP contribution in [0.15, 0.2) is 18.2 Å². The van der Waals surface area contributed by atoms with Gasteiger partial charge in [-0.05, 0) is 24.1 Å². The van der Waals surface area contributed by atoms with Gasteiger partial charge in [-0.3, -0.25) is 24.5 Å². The molecule has 0 spiro atoms. The SMILES string of the molecule is COc1ccc(NC(=O)COC(=O)C[C@H]2C(=O)C[C@H](C)[C@H]2C[N+](=O)[O-])cc1Cl. The number of Topliss-reactive ketones (excluding diaryl/α,β-unsaturated/α-hetero) is 1. The maximum atomic E-state index is 12.0. The van der Waals surface area contributed by atoms with Gasteiger partial charge in [0.15, 0.2) is 6.61 Å². The van der Waals surface area contributed by atoms with E-state index in [1.807, 2.05) is 0 Å². The molecule has 1 aliphatic rings. The van der Waals surface area contributed by atoms with Crippen LogP contribution in [0.25, 0.3) is 0 Å². The second-order valence-electron chi connectivity index (χ2n) is 6.70. The summed E-state index contributed by atoms with van der Waals surface area (Å²) in [4.78, 5) is 46.3. The minimum Gasteiger partial charge on any atom is -0.495 e. The first-order valence-corrected chi connectivity index (χ1v) is 9.02. The predicted molar refractivity (Wildman–Crippen MR) is 99.8 cm³/mol. The van der Waals surface area contributed by atoms with Crippen LogP contribution in [0.2, 0.25) is 5.02 Å². The fourth-order valence-corrected chi connectivity index (χ4v) is 3.58. The van der Waals surface area contributed by atoms with Gasteiger partial charge >= 0.3 is 5.97 Å². The quantitative estimate of drug-likeness (QED) is 0.394. The average Bonchev–Trinajstić information content (AvgIpc) is 2.86. The number of amides is 1. The normalized spacial score (nSPS) is 21.2. The molecule has 0 bridgehead atoms. The molecule has 0 radical (unpaired) electrons. The lowest BCUT2D eigenvalue weighted by atomic mass is 9.88. The lowest BCUT2D eigenvalue weighted by Crippen LogP contribution is -2.28. The summed E-state index contributed by atoms with van der Waals surface area (Å²) in [6.45, 7) is 0.841. The molecule has 0 unspecified atom stereocenters. The lowest BCUT2D eigenvalue weighted by Gasteiger charge is -2.17. The summed E-state index contributed by atoms with van der Waals surface area (Å²) in [6, 6.07) is 4.64. The summed E-state index contributed by atoms with van der Waals surface area (Å²) in [5.41, 5.74) is 0.401. The predicted octanol–water partition coefficient (Wildman–Crippen LogP) is 2.34. The maximum absolute atomic E-state index is 12.0. The van der Waals surface area contributed by atoms with Crippen LogP contribution in [0, 0.1) is 27.9 Å². The summed E-state index contributed by atoms with van der Waals surface area (Å²) < 4.78 is 9.93. The van der Waals surface area contributed by atoms with Gasteiger partial charge in [-0.1, -0.05) is 18.5 Å². The monoisotopic (exact) mass is 412 g/mol. The highest BCUT2D eigenvalue weighted by atomic mass is 35.5. The van der Waals surface area contributed by atoms with Gasteiger partial charge in [-0.25, -0.2) is 0 Å². The van der Waals surface area contributed by atoms with Crippen molar-refractivity contribution < 1.29 is 28.8 Å². The summed E-state index contributed by atoms with van der Waals surface area (Å²) in [5.74, 6) is -2.49. The first-order valence-electron chi connectivity index (χ1n) is 8.64. The molecule has 2 rings (SSSR count). The molecule has 1 aromatic carbocycles. The molecular weight excluding hydrogens is 392 g/mol. The van der Waals surface area contributed by atoms with Crippen molar-refractivity contribution in [2.24, 2.45) is 17.8 Å². The van der Waals surface area contributed by atoms with Gasteiger partial charge in [-0.15, -0.1) is 0 Å². The third kappa shape index (κ3) is 5.66. The van der Waals surface area contributed by atoms with Crippen LogP contribution in [-0.4, -0.2) is 42.8 Å². The molecule has 1 N–H and O–H groups in total. The van der Waals surface area contributed by atoms with E-state index in [1.54, 1.807) is 19.1 Å². The zero-order valence-electron chi connectivity index (χ0n) is 15.5. The highest BCUT2D eigenvalue weighted by molar-refractivity contribution is 6.32. The minimum atomic E-state index is -0.753. The Morgan fingerprint density at radius 3 is 2.71 bits per heavy atom. The summed E-state index contributed by atoms with van der Waals surface area (Å²) in [5, 5.41) is 13.6. The molecule has 3 atom stereocenters. The molecule has 1 aliphatic carbocycles. The van der Waals surface area contributed by atoms with Crippen LogP contribution in [0.4, 0.5) is 5.69 Å². The maximum Gasteiger partial charge on any atom is 0.307 e. The molecule has 0 saturated heterocycles. The number of halogens is 1. The molecule has 1 fully saturated rings. The molecule has 152 valence electrons. The van der Waals surface area contributed by atoms with Crippen molar-refractivity contribution in [2.45, 2.75) is 19.8 Å². The van der Waals surface area contributed by atoms with Gasteiger partial charge in [0.25, 0.3) is 5.91 Å². The molecule has 1 amide bonds. The Labute approximate surface area is 166 Å². The number of hydrogen-bond donors (Lipinski definition) is 1. The number of nitrogens with zero attached hydrogens (tertiary/aromatic N) is 1. The molecular formula is C18H21ClN2O7. The van der Waals surface area contributed by atoms with Crippen molar-refractivity contribution in [1.82, 2.24) is 0 Å². The van der Waals surface area contributed by atoms with Crippen molar-refractivity contribution in [3.05, 3.63) is 33.3 Å². The Morgan fingerprint density at radius 1 is 1.39 bits per heavy atom. The van der Waals surface area contributed by atoms with Crippen molar-refractivity contribution in [2.75, 3.05) is 25.6 Å². The van der Waals surface area contributed by atoms with Gasteiger partial charge in [0.2, 0.25) is 6.54 Å². The summed E-state index contributed by atoms with van der Waals surface area (Å²) >= 11 is 5.97. The minimum absolute atomic E-state index is 0.168. The Balaban J connectivity index is 1.85. The van der Waals surface area contributed by atoms with E-state index in [9.17, 15) is 24.5 Å². The van der Waals surface area contributed by atoms with E-state index in [-0.39, 0.29) is 31.1 Å². The third-order valence-corrected chi connectivity index (χ3v) is 5.03. The fraction of sp³-hybridized carbons (Fsp3) is 0.500. The summed E-state index contributed by atoms with van der Waals surface area (Å²) in [6.07, 6.45) is -0.0709. The Kier molecular flexibility index (Phi) is 7.33. The second-order valence-corrected chi connectivity index (χ2v) is 7.10. The molecule has 10 heteroatoms. The van der Waals surface area contributed by atoms with Crippen LogP contribution in [0.3, 0.4) is 0 Å². The number of methoxy groups -OCH3 is 1. The fourth-order valence-electron chi connectivity index (χ4n) is 3.33. The van der Waals surface area contributed by atoms with Crippen LogP contribution in [0.1, 0.15) is 19.8 Å². The average molecular weight is 413 g/mol. The summed E-state index contributed by atoms with van der Waals surface area (Å²) in [7, 11) is 1.46. The number of rotatable bonds is 8. The smallest absolute Gasteiger partial charge is 0.307 e. The lowest BCUT2D eigenvalue weighted by molar-refractivity contribution is -0.490. The number of ketones is 1.